The lowest BCUT2D eigenvalue weighted by Crippen LogP contribution is -2.33. The van der Waals surface area contributed by atoms with Crippen molar-refractivity contribution in [2.75, 3.05) is 12.9 Å². The molecule has 1 nitrogen and oxygen atoms in total. The third-order valence-electron chi connectivity index (χ3n) is 3.25. The first kappa shape index (κ1) is 8.89. The van der Waals surface area contributed by atoms with E-state index in [-0.39, 0.29) is 0 Å². The fourth-order valence-electron chi connectivity index (χ4n) is 2.51. The molecular weight excluding hydrogens is 168 g/mol. The summed E-state index contributed by atoms with van der Waals surface area (Å²) in [4.78, 5) is 0. The molecule has 70 valence electrons. The first-order valence-corrected chi connectivity index (χ1v) is 6.09. The Labute approximate surface area is 79.2 Å². The maximum Gasteiger partial charge on any atom is 0.0574 e. The van der Waals surface area contributed by atoms with Crippen LogP contribution in [-0.4, -0.2) is 24.2 Å². The summed E-state index contributed by atoms with van der Waals surface area (Å²) in [7, 11) is 1.86. The zero-order chi connectivity index (χ0) is 8.39. The number of rotatable bonds is 1. The number of methoxy groups -OCH3 is 1. The molecule has 3 atom stereocenters. The van der Waals surface area contributed by atoms with Crippen molar-refractivity contribution in [3.8, 4) is 0 Å². The molecule has 1 aliphatic carbocycles. The molecule has 0 radical (unpaired) electrons. The molecule has 0 spiro atoms. The van der Waals surface area contributed by atoms with E-state index in [0.717, 1.165) is 11.2 Å². The van der Waals surface area contributed by atoms with Gasteiger partial charge < -0.3 is 4.74 Å². The van der Waals surface area contributed by atoms with E-state index in [0.29, 0.717) is 6.10 Å². The van der Waals surface area contributed by atoms with Gasteiger partial charge >= 0.3 is 0 Å². The second kappa shape index (κ2) is 4.01. The van der Waals surface area contributed by atoms with Crippen molar-refractivity contribution in [3.05, 3.63) is 0 Å². The van der Waals surface area contributed by atoms with Crippen LogP contribution in [0.5, 0.6) is 0 Å². The fourth-order valence-corrected chi connectivity index (χ4v) is 3.97. The summed E-state index contributed by atoms with van der Waals surface area (Å²) in [5.41, 5.74) is 0. The molecule has 1 saturated heterocycles. The summed E-state index contributed by atoms with van der Waals surface area (Å²) >= 11 is 2.20. The van der Waals surface area contributed by atoms with Crippen molar-refractivity contribution in [2.45, 2.75) is 43.5 Å². The molecule has 12 heavy (non-hydrogen) atoms. The molecule has 0 aromatic rings. The maximum atomic E-state index is 5.43. The Morgan fingerprint density at radius 2 is 2.17 bits per heavy atom. The van der Waals surface area contributed by atoms with Gasteiger partial charge in [0, 0.05) is 12.4 Å². The minimum Gasteiger partial charge on any atom is -0.381 e. The molecule has 0 N–H and O–H groups in total. The van der Waals surface area contributed by atoms with Gasteiger partial charge in [0.1, 0.15) is 0 Å². The van der Waals surface area contributed by atoms with Crippen LogP contribution in [0.2, 0.25) is 0 Å². The first-order chi connectivity index (χ1) is 5.90. The van der Waals surface area contributed by atoms with E-state index in [1.807, 2.05) is 7.11 Å². The van der Waals surface area contributed by atoms with E-state index in [1.54, 1.807) is 0 Å². The van der Waals surface area contributed by atoms with Gasteiger partial charge in [-0.2, -0.15) is 11.8 Å². The lowest BCUT2D eigenvalue weighted by Gasteiger charge is -2.38. The van der Waals surface area contributed by atoms with Gasteiger partial charge in [0.15, 0.2) is 0 Å². The van der Waals surface area contributed by atoms with E-state index < -0.39 is 0 Å². The van der Waals surface area contributed by atoms with Gasteiger partial charge in [-0.15, -0.1) is 0 Å². The molecule has 0 aromatic carbocycles. The summed E-state index contributed by atoms with van der Waals surface area (Å²) in [5, 5.41) is 0.977. The number of thioether (sulfide) groups is 1. The number of fused-ring (bicyclic) bond motifs is 1. The standard InChI is InChI=1S/C10H18OS/c1-11-9-4-5-10-8(7-9)3-2-6-12-10/h8-10H,2-7H2,1H3. The quantitative estimate of drug-likeness (QED) is 0.622. The highest BCUT2D eigenvalue weighted by Crippen LogP contribution is 2.40. The number of ether oxygens (including phenoxy) is 1. The third kappa shape index (κ3) is 1.80. The second-order valence-corrected chi connectivity index (χ2v) is 5.33. The molecule has 1 aliphatic heterocycles. The van der Waals surface area contributed by atoms with Crippen LogP contribution in [0.15, 0.2) is 0 Å². The molecule has 0 aromatic heterocycles. The van der Waals surface area contributed by atoms with Gasteiger partial charge in [0.05, 0.1) is 6.10 Å². The first-order valence-electron chi connectivity index (χ1n) is 5.04. The minimum absolute atomic E-state index is 0.574. The van der Waals surface area contributed by atoms with E-state index in [4.69, 9.17) is 4.74 Å². The number of hydrogen-bond acceptors (Lipinski definition) is 2. The van der Waals surface area contributed by atoms with Crippen molar-refractivity contribution in [2.24, 2.45) is 5.92 Å². The lowest BCUT2D eigenvalue weighted by atomic mass is 9.83. The minimum atomic E-state index is 0.574. The van der Waals surface area contributed by atoms with Crippen LogP contribution in [0, 0.1) is 5.92 Å². The van der Waals surface area contributed by atoms with Crippen LogP contribution in [0.3, 0.4) is 0 Å². The van der Waals surface area contributed by atoms with E-state index >= 15 is 0 Å². The van der Waals surface area contributed by atoms with Gasteiger partial charge in [0.25, 0.3) is 0 Å². The Morgan fingerprint density at radius 3 is 3.00 bits per heavy atom. The average molecular weight is 186 g/mol. The van der Waals surface area contributed by atoms with Crippen molar-refractivity contribution in [1.82, 2.24) is 0 Å². The van der Waals surface area contributed by atoms with Crippen molar-refractivity contribution in [3.63, 3.8) is 0 Å². The van der Waals surface area contributed by atoms with E-state index in [1.165, 1.54) is 37.9 Å². The molecule has 2 rings (SSSR count). The fraction of sp³-hybridized carbons (Fsp3) is 1.00. The molecule has 2 heteroatoms. The normalized spacial score (nSPS) is 42.2. The lowest BCUT2D eigenvalue weighted by molar-refractivity contribution is 0.0503. The Bertz CT molecular complexity index is 149. The Kier molecular flexibility index (Phi) is 2.97. The molecule has 1 saturated carbocycles. The highest BCUT2D eigenvalue weighted by atomic mass is 32.2. The molecule has 2 aliphatic rings. The van der Waals surface area contributed by atoms with E-state index in [9.17, 15) is 0 Å². The van der Waals surface area contributed by atoms with Crippen LogP contribution >= 0.6 is 11.8 Å². The monoisotopic (exact) mass is 186 g/mol. The largest absolute Gasteiger partial charge is 0.381 e. The number of hydrogen-bond donors (Lipinski definition) is 0. The van der Waals surface area contributed by atoms with Crippen LogP contribution in [-0.2, 0) is 4.74 Å². The predicted molar refractivity (Wildman–Crippen MR) is 53.6 cm³/mol. The topological polar surface area (TPSA) is 9.23 Å². The van der Waals surface area contributed by atoms with Crippen LogP contribution in [0.1, 0.15) is 32.1 Å². The van der Waals surface area contributed by atoms with Crippen LogP contribution in [0.4, 0.5) is 0 Å². The molecular formula is C10H18OS. The third-order valence-corrected chi connectivity index (χ3v) is 4.82. The highest BCUT2D eigenvalue weighted by molar-refractivity contribution is 7.99. The summed E-state index contributed by atoms with van der Waals surface area (Å²) in [5.74, 6) is 2.38. The van der Waals surface area contributed by atoms with Crippen molar-refractivity contribution >= 4 is 11.8 Å². The summed E-state index contributed by atoms with van der Waals surface area (Å²) < 4.78 is 5.43. The van der Waals surface area contributed by atoms with Crippen LogP contribution < -0.4 is 0 Å². The van der Waals surface area contributed by atoms with E-state index in [2.05, 4.69) is 11.8 Å². The Balaban J connectivity index is 1.90. The second-order valence-electron chi connectivity index (χ2n) is 3.98. The molecule has 3 unspecified atom stereocenters. The Morgan fingerprint density at radius 1 is 1.25 bits per heavy atom. The molecule has 0 bridgehead atoms. The van der Waals surface area contributed by atoms with Crippen molar-refractivity contribution < 1.29 is 4.74 Å². The smallest absolute Gasteiger partial charge is 0.0574 e. The SMILES string of the molecule is COC1CCC2SCCCC2C1. The summed E-state index contributed by atoms with van der Waals surface area (Å²) in [6, 6.07) is 0. The van der Waals surface area contributed by atoms with Crippen LogP contribution in [0.25, 0.3) is 0 Å². The predicted octanol–water partition coefficient (Wildman–Crippen LogP) is 2.70. The highest BCUT2D eigenvalue weighted by Gasteiger charge is 2.32. The van der Waals surface area contributed by atoms with Gasteiger partial charge in [-0.3, -0.25) is 0 Å². The van der Waals surface area contributed by atoms with Gasteiger partial charge in [-0.25, -0.2) is 0 Å². The van der Waals surface area contributed by atoms with Gasteiger partial charge in [-0.05, 0) is 43.8 Å². The Hall–Kier alpha value is 0.310. The molecule has 0 amide bonds. The maximum absolute atomic E-state index is 5.43. The summed E-state index contributed by atoms with van der Waals surface area (Å²) in [6.45, 7) is 0. The van der Waals surface area contributed by atoms with Crippen molar-refractivity contribution in [1.29, 1.82) is 0 Å². The zero-order valence-electron chi connectivity index (χ0n) is 7.79. The molecule has 1 heterocycles. The zero-order valence-corrected chi connectivity index (χ0v) is 8.61. The molecule has 2 fully saturated rings. The van der Waals surface area contributed by atoms with Gasteiger partial charge in [-0.1, -0.05) is 0 Å². The summed E-state index contributed by atoms with van der Waals surface area (Å²) in [6.07, 6.45) is 7.48. The average Bonchev–Trinajstić information content (AvgIpc) is 2.17. The van der Waals surface area contributed by atoms with Gasteiger partial charge in [0.2, 0.25) is 0 Å².